The van der Waals surface area contributed by atoms with Crippen LogP contribution in [0.5, 0.6) is 0 Å². The Bertz CT molecular complexity index is 631. The molecule has 0 unspecified atom stereocenters. The fraction of sp³-hybridized carbons (Fsp3) is 0.647. The van der Waals surface area contributed by atoms with Crippen LogP contribution in [0.2, 0.25) is 0 Å². The maximum Gasteiger partial charge on any atom is 0.408 e. The second kappa shape index (κ2) is 8.30. The van der Waals surface area contributed by atoms with E-state index >= 15 is 0 Å². The van der Waals surface area contributed by atoms with Crippen molar-refractivity contribution >= 4 is 11.9 Å². The number of hydrogen-bond donors (Lipinski definition) is 3. The van der Waals surface area contributed by atoms with Gasteiger partial charge in [-0.05, 0) is 51.3 Å². The molecule has 152 valence electrons. The van der Waals surface area contributed by atoms with Gasteiger partial charge in [-0.2, -0.15) is 13.2 Å². The molecule has 2 atom stereocenters. The molecule has 1 saturated heterocycles. The van der Waals surface area contributed by atoms with Gasteiger partial charge in [0.25, 0.3) is 0 Å². The topological polar surface area (TPSA) is 92.5 Å². The maximum atomic E-state index is 13.7. The molecule has 2 rings (SSSR count). The molecule has 0 spiro atoms. The van der Waals surface area contributed by atoms with Crippen molar-refractivity contribution in [2.24, 2.45) is 11.8 Å². The Morgan fingerprint density at radius 2 is 2.11 bits per heavy atom. The van der Waals surface area contributed by atoms with Gasteiger partial charge in [-0.3, -0.25) is 4.90 Å². The molecule has 2 heterocycles. The normalized spacial score (nSPS) is 19.6. The van der Waals surface area contributed by atoms with Crippen molar-refractivity contribution in [3.63, 3.8) is 0 Å². The summed E-state index contributed by atoms with van der Waals surface area (Å²) in [5.41, 5.74) is 1.73. The molecule has 1 fully saturated rings. The van der Waals surface area contributed by atoms with E-state index in [1.165, 1.54) is 23.2 Å². The van der Waals surface area contributed by atoms with Crippen molar-refractivity contribution in [3.05, 3.63) is 23.9 Å². The van der Waals surface area contributed by atoms with Crippen molar-refractivity contribution < 1.29 is 22.7 Å². The number of alkyl carbamates (subject to hydrolysis) is 1. The SMILES string of the molecule is CC(C)(C)OC(=O)NC[C@H]1CCN([C@H](c2ccc(NN)nc2)C(F)(F)F)C1. The minimum atomic E-state index is -4.44. The van der Waals surface area contributed by atoms with Crippen LogP contribution in [-0.2, 0) is 4.74 Å². The lowest BCUT2D eigenvalue weighted by molar-refractivity contribution is -0.184. The monoisotopic (exact) mass is 389 g/mol. The van der Waals surface area contributed by atoms with Crippen molar-refractivity contribution in [2.45, 2.75) is 45.0 Å². The smallest absolute Gasteiger partial charge is 0.408 e. The number of rotatable bonds is 5. The molecule has 1 aliphatic rings. The highest BCUT2D eigenvalue weighted by Crippen LogP contribution is 2.40. The van der Waals surface area contributed by atoms with Crippen LogP contribution in [0.1, 0.15) is 38.8 Å². The Morgan fingerprint density at radius 1 is 1.41 bits per heavy atom. The van der Waals surface area contributed by atoms with Crippen molar-refractivity contribution in [1.29, 1.82) is 0 Å². The molecule has 1 aromatic rings. The molecule has 0 bridgehead atoms. The number of alkyl halides is 3. The predicted molar refractivity (Wildman–Crippen MR) is 94.8 cm³/mol. The van der Waals surface area contributed by atoms with Crippen LogP contribution < -0.4 is 16.6 Å². The van der Waals surface area contributed by atoms with Gasteiger partial charge in [-0.25, -0.2) is 15.6 Å². The number of hydrazine groups is 1. The van der Waals surface area contributed by atoms with Gasteiger partial charge in [0.1, 0.15) is 17.5 Å². The van der Waals surface area contributed by atoms with Gasteiger partial charge in [-0.15, -0.1) is 0 Å². The van der Waals surface area contributed by atoms with Gasteiger partial charge in [0.2, 0.25) is 0 Å². The Hall–Kier alpha value is -2.07. The number of carbonyl (C=O) groups excluding carboxylic acids is 1. The first kappa shape index (κ1) is 21.2. The molecule has 1 aromatic heterocycles. The molecule has 0 aromatic carbocycles. The summed E-state index contributed by atoms with van der Waals surface area (Å²) in [6.07, 6.45) is -3.27. The molecule has 7 nitrogen and oxygen atoms in total. The number of halogens is 3. The molecule has 1 aliphatic heterocycles. The Labute approximate surface area is 156 Å². The summed E-state index contributed by atoms with van der Waals surface area (Å²) < 4.78 is 46.2. The van der Waals surface area contributed by atoms with Gasteiger partial charge >= 0.3 is 12.3 Å². The third-order valence-electron chi connectivity index (χ3n) is 4.18. The number of nitrogens with two attached hydrogens (primary N) is 1. The fourth-order valence-electron chi connectivity index (χ4n) is 3.06. The summed E-state index contributed by atoms with van der Waals surface area (Å²) in [6, 6.07) is 1.03. The number of amides is 1. The maximum absolute atomic E-state index is 13.7. The van der Waals surface area contributed by atoms with Crippen LogP contribution in [0.3, 0.4) is 0 Å². The number of ether oxygens (including phenoxy) is 1. The van der Waals surface area contributed by atoms with E-state index in [9.17, 15) is 18.0 Å². The third-order valence-corrected chi connectivity index (χ3v) is 4.18. The van der Waals surface area contributed by atoms with E-state index in [1.54, 1.807) is 20.8 Å². The first-order valence-corrected chi connectivity index (χ1v) is 8.70. The number of pyridine rings is 1. The Balaban J connectivity index is 1.99. The number of anilines is 1. The van der Waals surface area contributed by atoms with Crippen molar-refractivity contribution in [3.8, 4) is 0 Å². The third kappa shape index (κ3) is 6.24. The van der Waals surface area contributed by atoms with Crippen LogP contribution in [0, 0.1) is 5.92 Å². The van der Waals surface area contributed by atoms with E-state index in [4.69, 9.17) is 10.6 Å². The minimum absolute atomic E-state index is 0.0576. The summed E-state index contributed by atoms with van der Waals surface area (Å²) in [5.74, 6) is 5.42. The van der Waals surface area contributed by atoms with Crippen LogP contribution >= 0.6 is 0 Å². The van der Waals surface area contributed by atoms with Crippen molar-refractivity contribution in [1.82, 2.24) is 15.2 Å². The molecule has 10 heteroatoms. The quantitative estimate of drug-likeness (QED) is 0.530. The average molecular weight is 389 g/mol. The van der Waals surface area contributed by atoms with E-state index in [0.717, 1.165) is 0 Å². The zero-order chi connectivity index (χ0) is 20.2. The highest BCUT2D eigenvalue weighted by molar-refractivity contribution is 5.67. The van der Waals surface area contributed by atoms with Crippen LogP contribution in [0.4, 0.5) is 23.8 Å². The number of aromatic nitrogens is 1. The lowest BCUT2D eigenvalue weighted by Gasteiger charge is -2.30. The summed E-state index contributed by atoms with van der Waals surface area (Å²) in [7, 11) is 0. The molecular formula is C17H26F3N5O2. The second-order valence-electron chi connectivity index (χ2n) is 7.60. The highest BCUT2D eigenvalue weighted by Gasteiger charge is 2.46. The summed E-state index contributed by atoms with van der Waals surface area (Å²) in [5, 5.41) is 2.63. The minimum Gasteiger partial charge on any atom is -0.444 e. The standard InChI is InChI=1S/C17H26F3N5O2/c1-16(2,3)27-15(26)23-8-11-6-7-25(10-11)14(17(18,19)20)12-4-5-13(24-21)22-9-12/h4-5,9,11,14H,6-8,10,21H2,1-3H3,(H,22,24)(H,23,26)/t11-,14-/m1/s1. The largest absolute Gasteiger partial charge is 0.444 e. The van der Waals surface area contributed by atoms with E-state index in [2.05, 4.69) is 15.7 Å². The first-order valence-electron chi connectivity index (χ1n) is 8.70. The summed E-state index contributed by atoms with van der Waals surface area (Å²) in [4.78, 5) is 17.0. The second-order valence-corrected chi connectivity index (χ2v) is 7.60. The van der Waals surface area contributed by atoms with Crippen molar-refractivity contribution in [2.75, 3.05) is 25.1 Å². The van der Waals surface area contributed by atoms with E-state index < -0.39 is 23.9 Å². The van der Waals surface area contributed by atoms with Gasteiger partial charge < -0.3 is 15.5 Å². The predicted octanol–water partition coefficient (Wildman–Crippen LogP) is 2.82. The molecule has 0 aliphatic carbocycles. The van der Waals surface area contributed by atoms with E-state index in [0.29, 0.717) is 12.2 Å². The zero-order valence-corrected chi connectivity index (χ0v) is 15.6. The lowest BCUT2D eigenvalue weighted by atomic mass is 10.1. The average Bonchev–Trinajstić information content (AvgIpc) is 2.99. The first-order chi connectivity index (χ1) is 12.5. The molecule has 0 radical (unpaired) electrons. The van der Waals surface area contributed by atoms with Gasteiger partial charge in [0.15, 0.2) is 0 Å². The number of nitrogen functional groups attached to an aromatic ring is 1. The fourth-order valence-corrected chi connectivity index (χ4v) is 3.06. The van der Waals surface area contributed by atoms with Crippen LogP contribution in [0.25, 0.3) is 0 Å². The van der Waals surface area contributed by atoms with Crippen LogP contribution in [-0.4, -0.2) is 47.4 Å². The highest BCUT2D eigenvalue weighted by atomic mass is 19.4. The zero-order valence-electron chi connectivity index (χ0n) is 15.6. The lowest BCUT2D eigenvalue weighted by Crippen LogP contribution is -2.39. The molecule has 4 N–H and O–H groups in total. The molecule has 1 amide bonds. The molecule has 27 heavy (non-hydrogen) atoms. The Kier molecular flexibility index (Phi) is 6.53. The number of likely N-dealkylation sites (tertiary alicyclic amines) is 1. The number of nitrogens with one attached hydrogen (secondary N) is 2. The van der Waals surface area contributed by atoms with E-state index in [-0.39, 0.29) is 31.1 Å². The summed E-state index contributed by atoms with van der Waals surface area (Å²) in [6.45, 7) is 6.01. The Morgan fingerprint density at radius 3 is 2.63 bits per heavy atom. The van der Waals surface area contributed by atoms with Crippen LogP contribution in [0.15, 0.2) is 18.3 Å². The molecule has 0 saturated carbocycles. The molecular weight excluding hydrogens is 363 g/mol. The van der Waals surface area contributed by atoms with E-state index in [1.807, 2.05) is 0 Å². The van der Waals surface area contributed by atoms with Gasteiger partial charge in [0, 0.05) is 19.3 Å². The number of carbonyl (C=O) groups is 1. The summed E-state index contributed by atoms with van der Waals surface area (Å²) >= 11 is 0. The van der Waals surface area contributed by atoms with Gasteiger partial charge in [-0.1, -0.05) is 6.07 Å². The van der Waals surface area contributed by atoms with Gasteiger partial charge in [0.05, 0.1) is 0 Å². The number of nitrogens with zero attached hydrogens (tertiary/aromatic N) is 2. The number of hydrogen-bond acceptors (Lipinski definition) is 6.